The molecule has 0 fully saturated rings. The molecular formula is C11H13N3O2. The van der Waals surface area contributed by atoms with Gasteiger partial charge in [0.1, 0.15) is 0 Å². The smallest absolute Gasteiger partial charge is 0.354 e. The van der Waals surface area contributed by atoms with E-state index in [1.54, 1.807) is 19.2 Å². The minimum atomic E-state index is -1.13. The minimum absolute atomic E-state index is 0.123. The van der Waals surface area contributed by atoms with Crippen LogP contribution < -0.4 is 5.73 Å². The highest BCUT2D eigenvalue weighted by Crippen LogP contribution is 2.13. The van der Waals surface area contributed by atoms with E-state index in [4.69, 9.17) is 10.8 Å². The summed E-state index contributed by atoms with van der Waals surface area (Å²) in [5, 5.41) is 8.92. The summed E-state index contributed by atoms with van der Waals surface area (Å²) < 4.78 is 0. The quantitative estimate of drug-likeness (QED) is 0.752. The largest absolute Gasteiger partial charge is 0.477 e. The molecule has 0 aliphatic rings. The first-order valence-electron chi connectivity index (χ1n) is 4.68. The maximum Gasteiger partial charge on any atom is 0.354 e. The Morgan fingerprint density at radius 1 is 1.62 bits per heavy atom. The Morgan fingerprint density at radius 3 is 2.81 bits per heavy atom. The molecule has 0 unspecified atom stereocenters. The lowest BCUT2D eigenvalue weighted by Gasteiger charge is -1.99. The van der Waals surface area contributed by atoms with Crippen LogP contribution in [0.4, 0.5) is 5.82 Å². The predicted molar refractivity (Wildman–Crippen MR) is 61.6 cm³/mol. The Bertz CT molecular complexity index is 460. The number of aliphatic carboxylic acids is 1. The number of allylic oxidation sites excluding steroid dienone is 1. The van der Waals surface area contributed by atoms with E-state index >= 15 is 0 Å². The average molecular weight is 219 g/mol. The standard InChI is InChI=1S/C11H13N3O2/c1-7-4-3-5-13-10(7)14-9(11(15)16)6-8(2)12/h3-6H,12H2,1-2H3,(H,15,16)/b8-6-,14-9-. The molecule has 0 radical (unpaired) electrons. The number of nitrogens with two attached hydrogens (primary N) is 1. The predicted octanol–water partition coefficient (Wildman–Crippen LogP) is 1.41. The van der Waals surface area contributed by atoms with Gasteiger partial charge in [-0.2, -0.15) is 0 Å². The van der Waals surface area contributed by atoms with Crippen LogP contribution in [-0.2, 0) is 4.79 Å². The minimum Gasteiger partial charge on any atom is -0.477 e. The highest BCUT2D eigenvalue weighted by molar-refractivity contribution is 6.41. The molecule has 1 rings (SSSR count). The molecule has 1 aromatic heterocycles. The van der Waals surface area contributed by atoms with Gasteiger partial charge in [-0.05, 0) is 31.6 Å². The van der Waals surface area contributed by atoms with Crippen molar-refractivity contribution in [3.05, 3.63) is 35.7 Å². The Labute approximate surface area is 93.3 Å². The number of carboxylic acids is 1. The number of pyridine rings is 1. The fourth-order valence-electron chi connectivity index (χ4n) is 1.07. The fraction of sp³-hybridized carbons (Fsp3) is 0.182. The van der Waals surface area contributed by atoms with Gasteiger partial charge in [-0.25, -0.2) is 14.8 Å². The summed E-state index contributed by atoms with van der Waals surface area (Å²) in [5.41, 5.74) is 6.49. The second-order valence-corrected chi connectivity index (χ2v) is 3.33. The molecule has 0 aromatic carbocycles. The van der Waals surface area contributed by atoms with Gasteiger partial charge in [-0.1, -0.05) is 6.07 Å². The molecule has 84 valence electrons. The SMILES string of the molecule is C/C(N)=C/C(=N/c1ncccc1C)C(=O)O. The monoisotopic (exact) mass is 219 g/mol. The van der Waals surface area contributed by atoms with Gasteiger partial charge >= 0.3 is 5.97 Å². The summed E-state index contributed by atoms with van der Waals surface area (Å²) in [6.45, 7) is 3.41. The van der Waals surface area contributed by atoms with E-state index in [1.165, 1.54) is 6.08 Å². The number of nitrogens with zero attached hydrogens (tertiary/aromatic N) is 2. The summed E-state index contributed by atoms with van der Waals surface area (Å²) in [5.74, 6) is -0.743. The number of hydrogen-bond donors (Lipinski definition) is 2. The van der Waals surface area contributed by atoms with Crippen LogP contribution in [0.3, 0.4) is 0 Å². The van der Waals surface area contributed by atoms with E-state index in [1.807, 2.05) is 13.0 Å². The zero-order valence-corrected chi connectivity index (χ0v) is 9.14. The first kappa shape index (κ1) is 11.9. The van der Waals surface area contributed by atoms with Crippen molar-refractivity contribution in [2.75, 3.05) is 0 Å². The Hall–Kier alpha value is -2.17. The first-order valence-corrected chi connectivity index (χ1v) is 4.68. The molecule has 5 nitrogen and oxygen atoms in total. The Kier molecular flexibility index (Phi) is 3.77. The molecular weight excluding hydrogens is 206 g/mol. The summed E-state index contributed by atoms with van der Waals surface area (Å²) in [7, 11) is 0. The summed E-state index contributed by atoms with van der Waals surface area (Å²) in [4.78, 5) is 18.8. The lowest BCUT2D eigenvalue weighted by molar-refractivity contribution is -0.129. The molecule has 16 heavy (non-hydrogen) atoms. The topological polar surface area (TPSA) is 88.6 Å². The van der Waals surface area contributed by atoms with Crippen molar-refractivity contribution in [1.82, 2.24) is 4.98 Å². The summed E-state index contributed by atoms with van der Waals surface area (Å²) in [6, 6.07) is 3.57. The summed E-state index contributed by atoms with van der Waals surface area (Å²) >= 11 is 0. The van der Waals surface area contributed by atoms with Gasteiger partial charge in [0.05, 0.1) is 0 Å². The van der Waals surface area contributed by atoms with Crippen LogP contribution in [0.1, 0.15) is 12.5 Å². The van der Waals surface area contributed by atoms with E-state index < -0.39 is 5.97 Å². The van der Waals surface area contributed by atoms with Crippen LogP contribution in [0.2, 0.25) is 0 Å². The molecule has 5 heteroatoms. The number of rotatable bonds is 3. The third-order valence-electron chi connectivity index (χ3n) is 1.79. The van der Waals surface area contributed by atoms with Gasteiger partial charge in [0, 0.05) is 11.9 Å². The molecule has 1 heterocycles. The lowest BCUT2D eigenvalue weighted by Crippen LogP contribution is -2.12. The molecule has 0 aliphatic heterocycles. The molecule has 0 saturated carbocycles. The van der Waals surface area contributed by atoms with Crippen molar-refractivity contribution in [3.8, 4) is 0 Å². The maximum atomic E-state index is 10.9. The third-order valence-corrected chi connectivity index (χ3v) is 1.79. The number of carboxylic acid groups (broad SMARTS) is 1. The molecule has 3 N–H and O–H groups in total. The molecule has 0 bridgehead atoms. The van der Waals surface area contributed by atoms with E-state index in [0.29, 0.717) is 11.5 Å². The number of aryl methyl sites for hydroxylation is 1. The molecule has 0 spiro atoms. The van der Waals surface area contributed by atoms with Gasteiger partial charge in [0.25, 0.3) is 0 Å². The van der Waals surface area contributed by atoms with Gasteiger partial charge in [0.15, 0.2) is 11.5 Å². The van der Waals surface area contributed by atoms with Gasteiger partial charge in [0.2, 0.25) is 0 Å². The maximum absolute atomic E-state index is 10.9. The first-order chi connectivity index (χ1) is 7.50. The van der Waals surface area contributed by atoms with Crippen LogP contribution in [0.25, 0.3) is 0 Å². The van der Waals surface area contributed by atoms with E-state index in [9.17, 15) is 4.79 Å². The molecule has 0 aliphatic carbocycles. The lowest BCUT2D eigenvalue weighted by atomic mass is 10.2. The molecule has 0 atom stereocenters. The highest BCUT2D eigenvalue weighted by atomic mass is 16.4. The average Bonchev–Trinajstić information content (AvgIpc) is 2.19. The van der Waals surface area contributed by atoms with Crippen LogP contribution in [-0.4, -0.2) is 21.8 Å². The second-order valence-electron chi connectivity index (χ2n) is 3.33. The Balaban J connectivity index is 3.18. The normalized spacial score (nSPS) is 12.6. The van der Waals surface area contributed by atoms with Crippen LogP contribution in [0.5, 0.6) is 0 Å². The number of aliphatic imine (C=N–C) groups is 1. The van der Waals surface area contributed by atoms with Crippen molar-refractivity contribution in [3.63, 3.8) is 0 Å². The molecule has 0 saturated heterocycles. The van der Waals surface area contributed by atoms with Crippen molar-refractivity contribution in [1.29, 1.82) is 0 Å². The Morgan fingerprint density at radius 2 is 2.31 bits per heavy atom. The zero-order valence-electron chi connectivity index (χ0n) is 9.14. The van der Waals surface area contributed by atoms with Crippen molar-refractivity contribution in [2.45, 2.75) is 13.8 Å². The van der Waals surface area contributed by atoms with E-state index in [0.717, 1.165) is 5.56 Å². The summed E-state index contributed by atoms with van der Waals surface area (Å²) in [6.07, 6.45) is 2.86. The number of aromatic nitrogens is 1. The molecule has 0 amide bonds. The van der Waals surface area contributed by atoms with Crippen LogP contribution >= 0.6 is 0 Å². The van der Waals surface area contributed by atoms with Crippen LogP contribution in [0.15, 0.2) is 35.1 Å². The van der Waals surface area contributed by atoms with Crippen LogP contribution in [0, 0.1) is 6.92 Å². The number of hydrogen-bond acceptors (Lipinski definition) is 4. The number of carbonyl (C=O) groups is 1. The zero-order chi connectivity index (χ0) is 12.1. The fourth-order valence-corrected chi connectivity index (χ4v) is 1.07. The molecule has 1 aromatic rings. The van der Waals surface area contributed by atoms with Crippen molar-refractivity contribution in [2.24, 2.45) is 10.7 Å². The highest BCUT2D eigenvalue weighted by Gasteiger charge is 2.07. The van der Waals surface area contributed by atoms with Gasteiger partial charge in [-0.15, -0.1) is 0 Å². The van der Waals surface area contributed by atoms with Gasteiger partial charge in [-0.3, -0.25) is 0 Å². The van der Waals surface area contributed by atoms with Crippen molar-refractivity contribution >= 4 is 17.5 Å². The third kappa shape index (κ3) is 3.20. The van der Waals surface area contributed by atoms with E-state index in [2.05, 4.69) is 9.98 Å². The van der Waals surface area contributed by atoms with E-state index in [-0.39, 0.29) is 5.71 Å². The van der Waals surface area contributed by atoms with Gasteiger partial charge < -0.3 is 10.8 Å². The van der Waals surface area contributed by atoms with Crippen molar-refractivity contribution < 1.29 is 9.90 Å². The second kappa shape index (κ2) is 5.06.